The Labute approximate surface area is 98.2 Å². The Bertz CT molecular complexity index is 324. The maximum atomic E-state index is 4.61. The molecule has 1 N–H and O–H groups in total. The molecule has 0 spiro atoms. The van der Waals surface area contributed by atoms with Gasteiger partial charge in [-0.05, 0) is 57.7 Å². The van der Waals surface area contributed by atoms with E-state index in [0.29, 0.717) is 0 Å². The fourth-order valence-electron chi connectivity index (χ4n) is 2.51. The molecule has 0 atom stereocenters. The Kier molecular flexibility index (Phi) is 3.99. The lowest BCUT2D eigenvalue weighted by Gasteiger charge is -2.22. The third kappa shape index (κ3) is 2.64. The Morgan fingerprint density at radius 3 is 2.75 bits per heavy atom. The molecule has 3 nitrogen and oxygen atoms in total. The highest BCUT2D eigenvalue weighted by molar-refractivity contribution is 5.11. The van der Waals surface area contributed by atoms with Crippen LogP contribution < -0.4 is 5.32 Å². The van der Waals surface area contributed by atoms with Gasteiger partial charge in [-0.15, -0.1) is 0 Å². The molecule has 2 rings (SSSR count). The second-order valence-corrected chi connectivity index (χ2v) is 4.69. The van der Waals surface area contributed by atoms with E-state index in [1.54, 1.807) is 0 Å². The summed E-state index contributed by atoms with van der Waals surface area (Å²) in [7, 11) is 0. The van der Waals surface area contributed by atoms with Crippen LogP contribution in [-0.4, -0.2) is 22.9 Å². The minimum absolute atomic E-state index is 0.855. The standard InChI is InChI=1S/C13H23N3/c1-3-12-10-13(16(4-2)15-12)9-11-5-7-14-8-6-11/h10-11,14H,3-9H2,1-2H3. The van der Waals surface area contributed by atoms with Crippen molar-refractivity contribution < 1.29 is 0 Å². The first-order valence-corrected chi connectivity index (χ1v) is 6.59. The molecule has 90 valence electrons. The van der Waals surface area contributed by atoms with Crippen molar-refractivity contribution in [2.24, 2.45) is 5.92 Å². The van der Waals surface area contributed by atoms with Crippen molar-refractivity contribution in [1.29, 1.82) is 0 Å². The van der Waals surface area contributed by atoms with Crippen LogP contribution >= 0.6 is 0 Å². The average Bonchev–Trinajstić information content (AvgIpc) is 2.73. The molecule has 0 bridgehead atoms. The Morgan fingerprint density at radius 1 is 1.38 bits per heavy atom. The van der Waals surface area contributed by atoms with Gasteiger partial charge in [0.05, 0.1) is 5.69 Å². The molecular weight excluding hydrogens is 198 g/mol. The summed E-state index contributed by atoms with van der Waals surface area (Å²) in [5.74, 6) is 0.855. The molecule has 0 radical (unpaired) electrons. The molecule has 1 fully saturated rings. The summed E-state index contributed by atoms with van der Waals surface area (Å²) in [6, 6.07) is 2.30. The van der Waals surface area contributed by atoms with Gasteiger partial charge in [0.2, 0.25) is 0 Å². The van der Waals surface area contributed by atoms with Crippen LogP contribution in [0.15, 0.2) is 6.07 Å². The number of aryl methyl sites for hydroxylation is 2. The Balaban J connectivity index is 2.03. The van der Waals surface area contributed by atoms with Gasteiger partial charge in [0.15, 0.2) is 0 Å². The molecule has 1 aliphatic heterocycles. The number of nitrogens with zero attached hydrogens (tertiary/aromatic N) is 2. The predicted octanol–water partition coefficient (Wildman–Crippen LogP) is 2.01. The molecule has 0 aliphatic carbocycles. The first kappa shape index (κ1) is 11.6. The van der Waals surface area contributed by atoms with Crippen LogP contribution in [0.25, 0.3) is 0 Å². The molecule has 2 heterocycles. The third-order valence-electron chi connectivity index (χ3n) is 3.53. The SMILES string of the molecule is CCc1cc(CC2CCNCC2)n(CC)n1. The van der Waals surface area contributed by atoms with Gasteiger partial charge in [-0.3, -0.25) is 4.68 Å². The minimum Gasteiger partial charge on any atom is -0.317 e. The molecule has 1 aliphatic rings. The molecule has 1 saturated heterocycles. The van der Waals surface area contributed by atoms with Gasteiger partial charge in [-0.1, -0.05) is 6.92 Å². The molecule has 1 aromatic rings. The molecule has 1 aromatic heterocycles. The number of piperidine rings is 1. The lowest BCUT2D eigenvalue weighted by molar-refractivity contribution is 0.364. The smallest absolute Gasteiger partial charge is 0.0624 e. The average molecular weight is 221 g/mol. The number of hydrogen-bond acceptors (Lipinski definition) is 2. The summed E-state index contributed by atoms with van der Waals surface area (Å²) in [5.41, 5.74) is 2.68. The molecule has 16 heavy (non-hydrogen) atoms. The van der Waals surface area contributed by atoms with Gasteiger partial charge in [-0.2, -0.15) is 5.10 Å². The van der Waals surface area contributed by atoms with Crippen molar-refractivity contribution in [3.63, 3.8) is 0 Å². The highest BCUT2D eigenvalue weighted by atomic mass is 15.3. The fraction of sp³-hybridized carbons (Fsp3) is 0.769. The van der Waals surface area contributed by atoms with E-state index in [2.05, 4.69) is 35.0 Å². The van der Waals surface area contributed by atoms with Crippen LogP contribution in [0.2, 0.25) is 0 Å². The summed E-state index contributed by atoms with van der Waals surface area (Å²) < 4.78 is 2.18. The van der Waals surface area contributed by atoms with Gasteiger partial charge in [0, 0.05) is 12.2 Å². The normalized spacial score (nSPS) is 17.9. The van der Waals surface area contributed by atoms with Gasteiger partial charge >= 0.3 is 0 Å². The van der Waals surface area contributed by atoms with Crippen molar-refractivity contribution >= 4 is 0 Å². The molecular formula is C13H23N3. The zero-order valence-electron chi connectivity index (χ0n) is 10.5. The zero-order valence-corrected chi connectivity index (χ0v) is 10.5. The van der Waals surface area contributed by atoms with Crippen LogP contribution in [0, 0.1) is 5.92 Å². The van der Waals surface area contributed by atoms with Crippen LogP contribution in [0.1, 0.15) is 38.1 Å². The third-order valence-corrected chi connectivity index (χ3v) is 3.53. The first-order chi connectivity index (χ1) is 7.83. The van der Waals surface area contributed by atoms with Gasteiger partial charge in [-0.25, -0.2) is 0 Å². The molecule has 0 aromatic carbocycles. The summed E-state index contributed by atoms with van der Waals surface area (Å²) >= 11 is 0. The molecule has 0 unspecified atom stereocenters. The number of hydrogen-bond donors (Lipinski definition) is 1. The number of rotatable bonds is 4. The largest absolute Gasteiger partial charge is 0.317 e. The predicted molar refractivity (Wildman–Crippen MR) is 66.6 cm³/mol. The van der Waals surface area contributed by atoms with E-state index in [0.717, 1.165) is 18.9 Å². The van der Waals surface area contributed by atoms with E-state index in [-0.39, 0.29) is 0 Å². The molecule has 3 heteroatoms. The van der Waals surface area contributed by atoms with Gasteiger partial charge in [0.25, 0.3) is 0 Å². The molecule has 0 amide bonds. The van der Waals surface area contributed by atoms with Gasteiger partial charge < -0.3 is 5.32 Å². The van der Waals surface area contributed by atoms with Crippen LogP contribution in [0.5, 0.6) is 0 Å². The highest BCUT2D eigenvalue weighted by Crippen LogP contribution is 2.18. The van der Waals surface area contributed by atoms with E-state index in [1.807, 2.05) is 0 Å². The number of aromatic nitrogens is 2. The van der Waals surface area contributed by atoms with E-state index < -0.39 is 0 Å². The maximum Gasteiger partial charge on any atom is 0.0624 e. The summed E-state index contributed by atoms with van der Waals surface area (Å²) in [6.07, 6.45) is 4.89. The van der Waals surface area contributed by atoms with Crippen LogP contribution in [-0.2, 0) is 19.4 Å². The van der Waals surface area contributed by atoms with Gasteiger partial charge in [0.1, 0.15) is 0 Å². The van der Waals surface area contributed by atoms with Crippen molar-refractivity contribution in [2.75, 3.05) is 13.1 Å². The Hall–Kier alpha value is -0.830. The highest BCUT2D eigenvalue weighted by Gasteiger charge is 2.16. The summed E-state index contributed by atoms with van der Waals surface area (Å²) in [4.78, 5) is 0. The number of nitrogens with one attached hydrogen (secondary N) is 1. The van der Waals surface area contributed by atoms with Crippen molar-refractivity contribution in [3.8, 4) is 0 Å². The lowest BCUT2D eigenvalue weighted by Crippen LogP contribution is -2.29. The van der Waals surface area contributed by atoms with Crippen LogP contribution in [0.3, 0.4) is 0 Å². The first-order valence-electron chi connectivity index (χ1n) is 6.59. The van der Waals surface area contributed by atoms with Crippen molar-refractivity contribution in [1.82, 2.24) is 15.1 Å². The van der Waals surface area contributed by atoms with E-state index in [9.17, 15) is 0 Å². The van der Waals surface area contributed by atoms with E-state index in [4.69, 9.17) is 0 Å². The zero-order chi connectivity index (χ0) is 11.4. The minimum atomic E-state index is 0.855. The second kappa shape index (κ2) is 5.48. The molecule has 0 saturated carbocycles. The van der Waals surface area contributed by atoms with E-state index in [1.165, 1.54) is 43.7 Å². The van der Waals surface area contributed by atoms with Crippen molar-refractivity contribution in [2.45, 2.75) is 46.1 Å². The summed E-state index contributed by atoms with van der Waals surface area (Å²) in [5, 5.41) is 8.04. The Morgan fingerprint density at radius 2 is 2.12 bits per heavy atom. The monoisotopic (exact) mass is 221 g/mol. The summed E-state index contributed by atoms with van der Waals surface area (Å²) in [6.45, 7) is 7.73. The van der Waals surface area contributed by atoms with Crippen LogP contribution in [0.4, 0.5) is 0 Å². The quantitative estimate of drug-likeness (QED) is 0.843. The maximum absolute atomic E-state index is 4.61. The fourth-order valence-corrected chi connectivity index (χ4v) is 2.51. The second-order valence-electron chi connectivity index (χ2n) is 4.69. The van der Waals surface area contributed by atoms with Crippen molar-refractivity contribution in [3.05, 3.63) is 17.5 Å². The lowest BCUT2D eigenvalue weighted by atomic mass is 9.93. The van der Waals surface area contributed by atoms with E-state index >= 15 is 0 Å². The topological polar surface area (TPSA) is 29.9 Å².